The molecule has 8 heteroatoms. The van der Waals surface area contributed by atoms with Crippen molar-refractivity contribution in [3.8, 4) is 11.4 Å². The van der Waals surface area contributed by atoms with Gasteiger partial charge in [0.15, 0.2) is 11.0 Å². The van der Waals surface area contributed by atoms with E-state index < -0.39 is 0 Å². The standard InChI is InChI=1S/C17H23N5O2S/c1-4-18-14(23)10-19-15(24)11-25-17-21-20-16(22(17)5-2)13-8-6-7-12(3)9-13/h6-9H,4-5,10-11H2,1-3H3,(H,18,23)(H,19,24). The zero-order valence-electron chi connectivity index (χ0n) is 14.7. The lowest BCUT2D eigenvalue weighted by molar-refractivity contribution is -0.124. The molecule has 0 aliphatic heterocycles. The number of likely N-dealkylation sites (N-methyl/N-ethyl adjacent to an activating group) is 1. The fourth-order valence-electron chi connectivity index (χ4n) is 2.30. The second-order valence-electron chi connectivity index (χ2n) is 5.44. The molecule has 1 aromatic carbocycles. The summed E-state index contributed by atoms with van der Waals surface area (Å²) in [5.74, 6) is 0.570. The van der Waals surface area contributed by atoms with E-state index in [-0.39, 0.29) is 24.1 Å². The molecule has 2 amide bonds. The Hall–Kier alpha value is -2.35. The van der Waals surface area contributed by atoms with E-state index in [1.165, 1.54) is 11.8 Å². The molecule has 0 saturated heterocycles. The summed E-state index contributed by atoms with van der Waals surface area (Å²) in [6.45, 7) is 7.12. The van der Waals surface area contributed by atoms with E-state index in [0.29, 0.717) is 18.2 Å². The monoisotopic (exact) mass is 361 g/mol. The van der Waals surface area contributed by atoms with Crippen LogP contribution < -0.4 is 10.6 Å². The number of amides is 2. The first-order valence-corrected chi connectivity index (χ1v) is 9.20. The van der Waals surface area contributed by atoms with Crippen LogP contribution in [0.4, 0.5) is 0 Å². The van der Waals surface area contributed by atoms with Crippen molar-refractivity contribution >= 4 is 23.6 Å². The lowest BCUT2D eigenvalue weighted by Gasteiger charge is -2.08. The summed E-state index contributed by atoms with van der Waals surface area (Å²) in [6.07, 6.45) is 0. The van der Waals surface area contributed by atoms with Crippen molar-refractivity contribution in [3.63, 3.8) is 0 Å². The van der Waals surface area contributed by atoms with Gasteiger partial charge in [0.1, 0.15) is 0 Å². The van der Waals surface area contributed by atoms with Crippen molar-refractivity contribution in [2.45, 2.75) is 32.5 Å². The third kappa shape index (κ3) is 5.32. The number of rotatable bonds is 8. The number of nitrogens with zero attached hydrogens (tertiary/aromatic N) is 3. The minimum Gasteiger partial charge on any atom is -0.355 e. The number of carbonyl (C=O) groups excluding carboxylic acids is 2. The Balaban J connectivity index is 1.99. The zero-order valence-corrected chi connectivity index (χ0v) is 15.5. The molecule has 0 fully saturated rings. The minimum atomic E-state index is -0.209. The van der Waals surface area contributed by atoms with Crippen LogP contribution in [0.15, 0.2) is 29.4 Å². The molecular formula is C17H23N5O2S. The molecule has 0 unspecified atom stereocenters. The van der Waals surface area contributed by atoms with Gasteiger partial charge in [0.2, 0.25) is 11.8 Å². The maximum absolute atomic E-state index is 11.9. The molecule has 0 saturated carbocycles. The van der Waals surface area contributed by atoms with E-state index in [9.17, 15) is 9.59 Å². The normalized spacial score (nSPS) is 10.5. The molecule has 25 heavy (non-hydrogen) atoms. The highest BCUT2D eigenvalue weighted by molar-refractivity contribution is 7.99. The molecule has 1 aromatic heterocycles. The first-order chi connectivity index (χ1) is 12.0. The van der Waals surface area contributed by atoms with Crippen LogP contribution in [0.3, 0.4) is 0 Å². The van der Waals surface area contributed by atoms with Crippen LogP contribution in [0.2, 0.25) is 0 Å². The Morgan fingerprint density at radius 2 is 1.96 bits per heavy atom. The second kappa shape index (κ2) is 9.22. The van der Waals surface area contributed by atoms with E-state index in [1.807, 2.05) is 43.5 Å². The number of aryl methyl sites for hydroxylation is 1. The van der Waals surface area contributed by atoms with Gasteiger partial charge in [0, 0.05) is 18.7 Å². The van der Waals surface area contributed by atoms with Gasteiger partial charge in [-0.15, -0.1) is 10.2 Å². The van der Waals surface area contributed by atoms with E-state index in [2.05, 4.69) is 26.9 Å². The van der Waals surface area contributed by atoms with E-state index in [1.54, 1.807) is 0 Å². The number of benzene rings is 1. The molecule has 7 nitrogen and oxygen atoms in total. The summed E-state index contributed by atoms with van der Waals surface area (Å²) in [4.78, 5) is 23.2. The summed E-state index contributed by atoms with van der Waals surface area (Å²) in [5.41, 5.74) is 2.16. The molecule has 2 rings (SSSR count). The molecule has 0 atom stereocenters. The third-order valence-corrected chi connectivity index (χ3v) is 4.43. The van der Waals surface area contributed by atoms with Crippen molar-refractivity contribution in [3.05, 3.63) is 29.8 Å². The van der Waals surface area contributed by atoms with Crippen LogP contribution in [-0.2, 0) is 16.1 Å². The molecule has 0 aliphatic rings. The highest BCUT2D eigenvalue weighted by atomic mass is 32.2. The first-order valence-electron chi connectivity index (χ1n) is 8.21. The highest BCUT2D eigenvalue weighted by Gasteiger charge is 2.15. The second-order valence-corrected chi connectivity index (χ2v) is 6.38. The predicted molar refractivity (Wildman–Crippen MR) is 98.3 cm³/mol. The summed E-state index contributed by atoms with van der Waals surface area (Å²) < 4.78 is 1.98. The molecule has 0 aliphatic carbocycles. The van der Waals surface area contributed by atoms with Crippen molar-refractivity contribution in [2.75, 3.05) is 18.8 Å². The maximum atomic E-state index is 11.9. The molecule has 2 aromatic rings. The van der Waals surface area contributed by atoms with E-state index >= 15 is 0 Å². The quantitative estimate of drug-likeness (QED) is 0.698. The lowest BCUT2D eigenvalue weighted by Crippen LogP contribution is -2.37. The highest BCUT2D eigenvalue weighted by Crippen LogP contribution is 2.24. The van der Waals surface area contributed by atoms with Crippen LogP contribution in [0.1, 0.15) is 19.4 Å². The number of thioether (sulfide) groups is 1. The molecular weight excluding hydrogens is 338 g/mol. The summed E-state index contributed by atoms with van der Waals surface area (Å²) in [6, 6.07) is 8.08. The molecule has 0 radical (unpaired) electrons. The van der Waals surface area contributed by atoms with Crippen molar-refractivity contribution in [2.24, 2.45) is 0 Å². The Morgan fingerprint density at radius 1 is 1.16 bits per heavy atom. The van der Waals surface area contributed by atoms with Gasteiger partial charge < -0.3 is 15.2 Å². The average molecular weight is 361 g/mol. The third-order valence-electron chi connectivity index (χ3n) is 3.46. The van der Waals surface area contributed by atoms with Crippen LogP contribution >= 0.6 is 11.8 Å². The Labute approximate surface area is 151 Å². The summed E-state index contributed by atoms with van der Waals surface area (Å²) in [7, 11) is 0. The fourth-order valence-corrected chi connectivity index (χ4v) is 3.13. The maximum Gasteiger partial charge on any atom is 0.239 e. The van der Waals surface area contributed by atoms with Gasteiger partial charge in [-0.25, -0.2) is 0 Å². The van der Waals surface area contributed by atoms with Crippen LogP contribution in [0.5, 0.6) is 0 Å². The topological polar surface area (TPSA) is 88.9 Å². The van der Waals surface area contributed by atoms with E-state index in [0.717, 1.165) is 17.0 Å². The number of nitrogens with one attached hydrogen (secondary N) is 2. The Kier molecular flexibility index (Phi) is 7.00. The molecule has 0 bridgehead atoms. The van der Waals surface area contributed by atoms with Gasteiger partial charge in [-0.3, -0.25) is 9.59 Å². The van der Waals surface area contributed by atoms with E-state index in [4.69, 9.17) is 0 Å². The first kappa shape index (κ1) is 19.0. The zero-order chi connectivity index (χ0) is 18.2. The number of hydrogen-bond donors (Lipinski definition) is 2. The summed E-state index contributed by atoms with van der Waals surface area (Å²) in [5, 5.41) is 14.4. The van der Waals surface area contributed by atoms with Crippen molar-refractivity contribution in [1.29, 1.82) is 0 Å². The SMILES string of the molecule is CCNC(=O)CNC(=O)CSc1nnc(-c2cccc(C)c2)n1CC. The fraction of sp³-hybridized carbons (Fsp3) is 0.412. The Bertz CT molecular complexity index is 744. The van der Waals surface area contributed by atoms with Gasteiger partial charge >= 0.3 is 0 Å². The van der Waals surface area contributed by atoms with Gasteiger partial charge in [-0.2, -0.15) is 0 Å². The molecule has 0 spiro atoms. The largest absolute Gasteiger partial charge is 0.355 e. The summed E-state index contributed by atoms with van der Waals surface area (Å²) >= 11 is 1.31. The van der Waals surface area contributed by atoms with Gasteiger partial charge in [-0.05, 0) is 26.8 Å². The van der Waals surface area contributed by atoms with Crippen molar-refractivity contribution in [1.82, 2.24) is 25.4 Å². The van der Waals surface area contributed by atoms with Crippen LogP contribution in [-0.4, -0.2) is 45.4 Å². The number of carbonyl (C=O) groups is 2. The average Bonchev–Trinajstić information content (AvgIpc) is 3.01. The molecule has 134 valence electrons. The number of aromatic nitrogens is 3. The van der Waals surface area contributed by atoms with Crippen molar-refractivity contribution < 1.29 is 9.59 Å². The molecule has 1 heterocycles. The smallest absolute Gasteiger partial charge is 0.239 e. The predicted octanol–water partition coefficient (Wildman–Crippen LogP) is 1.62. The van der Waals surface area contributed by atoms with Gasteiger partial charge in [-0.1, -0.05) is 35.5 Å². The van der Waals surface area contributed by atoms with Crippen LogP contribution in [0, 0.1) is 6.92 Å². The van der Waals surface area contributed by atoms with Gasteiger partial charge in [0.25, 0.3) is 0 Å². The minimum absolute atomic E-state index is 0.0117. The van der Waals surface area contributed by atoms with Crippen LogP contribution in [0.25, 0.3) is 11.4 Å². The Morgan fingerprint density at radius 3 is 2.64 bits per heavy atom. The number of hydrogen-bond acceptors (Lipinski definition) is 5. The molecule has 2 N–H and O–H groups in total. The lowest BCUT2D eigenvalue weighted by atomic mass is 10.1. The van der Waals surface area contributed by atoms with Gasteiger partial charge in [0.05, 0.1) is 12.3 Å².